The molecule has 0 saturated carbocycles. The van der Waals surface area contributed by atoms with Crippen LogP contribution in [0.4, 0.5) is 15.8 Å². The van der Waals surface area contributed by atoms with Gasteiger partial charge in [-0.05, 0) is 42.5 Å². The molecule has 0 aliphatic carbocycles. The van der Waals surface area contributed by atoms with Crippen molar-refractivity contribution < 1.29 is 23.6 Å². The minimum absolute atomic E-state index is 0.154. The van der Waals surface area contributed by atoms with Crippen LogP contribution in [-0.2, 0) is 0 Å². The third kappa shape index (κ3) is 5.52. The Labute approximate surface area is 165 Å². The standard InChI is InChI=1S/C21H17FN2O5/c22-19-6-1-2-7-20(19)29-13-12-28-18-10-8-16(9-11-18)23-21(25)15-4-3-5-17(14-15)24(26)27/h1-11,14H,12-13H2,(H,23,25). The van der Waals surface area contributed by atoms with Crippen LogP contribution in [0, 0.1) is 15.9 Å². The Morgan fingerprint density at radius 1 is 0.966 bits per heavy atom. The lowest BCUT2D eigenvalue weighted by molar-refractivity contribution is -0.384. The van der Waals surface area contributed by atoms with Crippen molar-refractivity contribution in [2.45, 2.75) is 0 Å². The number of non-ortho nitro benzene ring substituents is 1. The summed E-state index contributed by atoms with van der Waals surface area (Å²) in [5.74, 6) is -0.178. The molecule has 0 heterocycles. The lowest BCUT2D eigenvalue weighted by Crippen LogP contribution is -2.12. The third-order valence-electron chi connectivity index (χ3n) is 3.88. The normalized spacial score (nSPS) is 10.2. The zero-order valence-electron chi connectivity index (χ0n) is 15.2. The van der Waals surface area contributed by atoms with Crippen molar-refractivity contribution in [3.8, 4) is 11.5 Å². The molecule has 1 amide bonds. The van der Waals surface area contributed by atoms with Crippen molar-refractivity contribution in [1.82, 2.24) is 0 Å². The van der Waals surface area contributed by atoms with Gasteiger partial charge in [0.2, 0.25) is 0 Å². The summed E-state index contributed by atoms with van der Waals surface area (Å²) in [6, 6.07) is 18.2. The smallest absolute Gasteiger partial charge is 0.270 e. The fraction of sp³-hybridized carbons (Fsp3) is 0.0952. The number of rotatable bonds is 8. The number of carbonyl (C=O) groups excluding carboxylic acids is 1. The highest BCUT2D eigenvalue weighted by molar-refractivity contribution is 6.04. The van der Waals surface area contributed by atoms with Crippen LogP contribution in [0.2, 0.25) is 0 Å². The van der Waals surface area contributed by atoms with Gasteiger partial charge in [0, 0.05) is 23.4 Å². The van der Waals surface area contributed by atoms with Crippen molar-refractivity contribution in [2.24, 2.45) is 0 Å². The second-order valence-electron chi connectivity index (χ2n) is 5.91. The summed E-state index contributed by atoms with van der Waals surface area (Å²) in [5.41, 5.74) is 0.542. The van der Waals surface area contributed by atoms with E-state index in [9.17, 15) is 19.3 Å². The van der Waals surface area contributed by atoms with Gasteiger partial charge in [0.1, 0.15) is 19.0 Å². The van der Waals surface area contributed by atoms with Crippen molar-refractivity contribution in [1.29, 1.82) is 0 Å². The molecule has 0 bridgehead atoms. The first-order chi connectivity index (χ1) is 14.0. The quantitative estimate of drug-likeness (QED) is 0.345. The predicted molar refractivity (Wildman–Crippen MR) is 105 cm³/mol. The highest BCUT2D eigenvalue weighted by Gasteiger charge is 2.11. The first-order valence-corrected chi connectivity index (χ1v) is 8.69. The van der Waals surface area contributed by atoms with Gasteiger partial charge in [0.25, 0.3) is 11.6 Å². The van der Waals surface area contributed by atoms with Gasteiger partial charge in [0.15, 0.2) is 11.6 Å². The van der Waals surface area contributed by atoms with Crippen LogP contribution in [0.5, 0.6) is 11.5 Å². The lowest BCUT2D eigenvalue weighted by atomic mass is 10.2. The molecule has 1 N–H and O–H groups in total. The van der Waals surface area contributed by atoms with E-state index in [0.717, 1.165) is 0 Å². The van der Waals surface area contributed by atoms with Crippen LogP contribution < -0.4 is 14.8 Å². The minimum Gasteiger partial charge on any atom is -0.490 e. The van der Waals surface area contributed by atoms with Crippen molar-refractivity contribution in [3.63, 3.8) is 0 Å². The summed E-state index contributed by atoms with van der Waals surface area (Å²) < 4.78 is 24.3. The molecule has 0 unspecified atom stereocenters. The van der Waals surface area contributed by atoms with Crippen LogP contribution >= 0.6 is 0 Å². The van der Waals surface area contributed by atoms with E-state index in [-0.39, 0.29) is 30.2 Å². The molecule has 3 aromatic carbocycles. The average molecular weight is 396 g/mol. The summed E-state index contributed by atoms with van der Waals surface area (Å²) in [7, 11) is 0. The van der Waals surface area contributed by atoms with Crippen LogP contribution in [0.3, 0.4) is 0 Å². The van der Waals surface area contributed by atoms with Gasteiger partial charge < -0.3 is 14.8 Å². The van der Waals surface area contributed by atoms with Crippen LogP contribution in [0.1, 0.15) is 10.4 Å². The molecule has 148 valence electrons. The van der Waals surface area contributed by atoms with Gasteiger partial charge in [-0.2, -0.15) is 0 Å². The Morgan fingerprint density at radius 2 is 1.69 bits per heavy atom. The van der Waals surface area contributed by atoms with E-state index in [1.807, 2.05) is 0 Å². The number of hydrogen-bond donors (Lipinski definition) is 1. The molecule has 3 rings (SSSR count). The first-order valence-electron chi connectivity index (χ1n) is 8.69. The second kappa shape index (κ2) is 9.32. The number of nitrogens with one attached hydrogen (secondary N) is 1. The molecule has 0 radical (unpaired) electrons. The molecule has 3 aromatic rings. The molecule has 0 fully saturated rings. The van der Waals surface area contributed by atoms with Crippen LogP contribution in [0.25, 0.3) is 0 Å². The van der Waals surface area contributed by atoms with E-state index in [1.54, 1.807) is 36.4 Å². The lowest BCUT2D eigenvalue weighted by Gasteiger charge is -2.10. The van der Waals surface area contributed by atoms with E-state index in [4.69, 9.17) is 9.47 Å². The third-order valence-corrected chi connectivity index (χ3v) is 3.88. The number of para-hydroxylation sites is 1. The maximum absolute atomic E-state index is 13.4. The zero-order chi connectivity index (χ0) is 20.6. The summed E-state index contributed by atoms with van der Waals surface area (Å²) in [4.78, 5) is 22.5. The molecule has 29 heavy (non-hydrogen) atoms. The van der Waals surface area contributed by atoms with Crippen molar-refractivity contribution in [3.05, 3.63) is 94.3 Å². The number of halogens is 1. The number of nitro groups is 1. The number of nitro benzene ring substituents is 1. The Morgan fingerprint density at radius 3 is 2.41 bits per heavy atom. The van der Waals surface area contributed by atoms with Gasteiger partial charge in [-0.15, -0.1) is 0 Å². The fourth-order valence-electron chi connectivity index (χ4n) is 2.47. The number of nitrogens with zero attached hydrogens (tertiary/aromatic N) is 1. The Balaban J connectivity index is 1.49. The largest absolute Gasteiger partial charge is 0.490 e. The highest BCUT2D eigenvalue weighted by atomic mass is 19.1. The molecule has 0 spiro atoms. The summed E-state index contributed by atoms with van der Waals surface area (Å²) >= 11 is 0. The monoisotopic (exact) mass is 396 g/mol. The fourth-order valence-corrected chi connectivity index (χ4v) is 2.47. The van der Waals surface area contributed by atoms with Crippen LogP contribution in [0.15, 0.2) is 72.8 Å². The number of carbonyl (C=O) groups is 1. The predicted octanol–water partition coefficient (Wildman–Crippen LogP) is 4.44. The van der Waals surface area contributed by atoms with E-state index in [1.165, 1.54) is 36.4 Å². The van der Waals surface area contributed by atoms with Gasteiger partial charge in [0.05, 0.1) is 4.92 Å². The molecule has 8 heteroatoms. The SMILES string of the molecule is O=C(Nc1ccc(OCCOc2ccccc2F)cc1)c1cccc([N+](=O)[O-])c1. The van der Waals surface area contributed by atoms with Gasteiger partial charge in [-0.3, -0.25) is 14.9 Å². The summed E-state index contributed by atoms with van der Waals surface area (Å²) in [6.07, 6.45) is 0. The van der Waals surface area contributed by atoms with Crippen molar-refractivity contribution in [2.75, 3.05) is 18.5 Å². The van der Waals surface area contributed by atoms with Gasteiger partial charge in [-0.1, -0.05) is 18.2 Å². The Kier molecular flexibility index (Phi) is 6.36. The molecular weight excluding hydrogens is 379 g/mol. The molecule has 7 nitrogen and oxygen atoms in total. The number of ether oxygens (including phenoxy) is 2. The minimum atomic E-state index is -0.557. The number of benzene rings is 3. The number of hydrogen-bond acceptors (Lipinski definition) is 5. The van der Waals surface area contributed by atoms with Crippen molar-refractivity contribution >= 4 is 17.3 Å². The Bertz CT molecular complexity index is 1010. The maximum Gasteiger partial charge on any atom is 0.270 e. The molecular formula is C21H17FN2O5. The zero-order valence-corrected chi connectivity index (χ0v) is 15.2. The van der Waals surface area contributed by atoms with E-state index in [0.29, 0.717) is 11.4 Å². The second-order valence-corrected chi connectivity index (χ2v) is 5.91. The van der Waals surface area contributed by atoms with E-state index >= 15 is 0 Å². The highest BCUT2D eigenvalue weighted by Crippen LogP contribution is 2.19. The summed E-state index contributed by atoms with van der Waals surface area (Å²) in [6.45, 7) is 0.389. The topological polar surface area (TPSA) is 90.7 Å². The molecule has 0 aromatic heterocycles. The number of amides is 1. The molecule has 0 atom stereocenters. The average Bonchev–Trinajstić information content (AvgIpc) is 2.73. The van der Waals surface area contributed by atoms with Crippen LogP contribution in [-0.4, -0.2) is 24.0 Å². The van der Waals surface area contributed by atoms with Gasteiger partial charge >= 0.3 is 0 Å². The Hall–Kier alpha value is -3.94. The van der Waals surface area contributed by atoms with E-state index in [2.05, 4.69) is 5.32 Å². The molecule has 0 aliphatic rings. The van der Waals surface area contributed by atoms with E-state index < -0.39 is 16.6 Å². The molecule has 0 saturated heterocycles. The number of anilines is 1. The maximum atomic E-state index is 13.4. The van der Waals surface area contributed by atoms with Gasteiger partial charge in [-0.25, -0.2) is 4.39 Å². The first kappa shape index (κ1) is 19.8. The summed E-state index contributed by atoms with van der Waals surface area (Å²) in [5, 5.41) is 13.5. The molecule has 0 aliphatic heterocycles.